The van der Waals surface area contributed by atoms with Crippen LogP contribution in [0.5, 0.6) is 0 Å². The largest absolute Gasteiger partial charge is 0.358 e. The molecule has 1 aliphatic rings. The number of benzene rings is 2. The second-order valence-electron chi connectivity index (χ2n) is 7.00. The second kappa shape index (κ2) is 6.36. The van der Waals surface area contributed by atoms with Gasteiger partial charge in [-0.1, -0.05) is 19.1 Å². The zero-order valence-electron chi connectivity index (χ0n) is 14.2. The number of aromatic nitrogens is 1. The first-order chi connectivity index (χ1) is 12.1. The fourth-order valence-corrected chi connectivity index (χ4v) is 3.66. The molecule has 1 aromatic heterocycles. The van der Waals surface area contributed by atoms with Crippen LogP contribution in [-0.2, 0) is 19.4 Å². The molecule has 1 aliphatic carbocycles. The highest BCUT2D eigenvalue weighted by molar-refractivity contribution is 5.99. The molecule has 0 fully saturated rings. The summed E-state index contributed by atoms with van der Waals surface area (Å²) >= 11 is 0. The monoisotopic (exact) mass is 336 g/mol. The Balaban J connectivity index is 1.56. The molecule has 2 aromatic carbocycles. The van der Waals surface area contributed by atoms with Gasteiger partial charge in [-0.2, -0.15) is 0 Å². The van der Waals surface area contributed by atoms with Crippen molar-refractivity contribution in [1.29, 1.82) is 0 Å². The van der Waals surface area contributed by atoms with E-state index in [0.29, 0.717) is 18.0 Å². The number of carbonyl (C=O) groups is 1. The minimum atomic E-state index is -0.291. The van der Waals surface area contributed by atoms with E-state index in [-0.39, 0.29) is 11.7 Å². The maximum absolute atomic E-state index is 13.2. The first-order valence-corrected chi connectivity index (χ1v) is 8.76. The normalized spacial score (nSPS) is 16.6. The predicted octanol–water partition coefficient (Wildman–Crippen LogP) is 4.36. The average Bonchev–Trinajstić information content (AvgIpc) is 2.97. The lowest BCUT2D eigenvalue weighted by Gasteiger charge is -2.18. The summed E-state index contributed by atoms with van der Waals surface area (Å²) in [4.78, 5) is 16.0. The summed E-state index contributed by atoms with van der Waals surface area (Å²) in [5.41, 5.74) is 5.16. The number of aromatic amines is 1. The van der Waals surface area contributed by atoms with Crippen molar-refractivity contribution in [2.75, 3.05) is 0 Å². The number of amides is 1. The van der Waals surface area contributed by atoms with Crippen molar-refractivity contribution in [2.24, 2.45) is 5.92 Å². The molecule has 0 aliphatic heterocycles. The molecule has 0 unspecified atom stereocenters. The first kappa shape index (κ1) is 15.9. The summed E-state index contributed by atoms with van der Waals surface area (Å²) in [6, 6.07) is 12.1. The SMILES string of the molecule is C[C@H]1CCc2[nH]c3ccc(C(=O)NCc4cccc(F)c4)cc3c2C1. The Kier molecular flexibility index (Phi) is 4.04. The number of H-pyrrole nitrogens is 1. The predicted molar refractivity (Wildman–Crippen MR) is 97.1 cm³/mol. The van der Waals surface area contributed by atoms with E-state index in [9.17, 15) is 9.18 Å². The molecule has 3 aromatic rings. The molecule has 128 valence electrons. The summed E-state index contributed by atoms with van der Waals surface area (Å²) in [6.45, 7) is 2.59. The first-order valence-electron chi connectivity index (χ1n) is 8.76. The van der Waals surface area contributed by atoms with E-state index in [1.54, 1.807) is 12.1 Å². The summed E-state index contributed by atoms with van der Waals surface area (Å²) in [5, 5.41) is 4.03. The highest BCUT2D eigenvalue weighted by Gasteiger charge is 2.20. The Bertz CT molecular complexity index is 944. The number of fused-ring (bicyclic) bond motifs is 3. The van der Waals surface area contributed by atoms with E-state index in [4.69, 9.17) is 0 Å². The van der Waals surface area contributed by atoms with Gasteiger partial charge in [0.2, 0.25) is 0 Å². The van der Waals surface area contributed by atoms with Crippen LogP contribution >= 0.6 is 0 Å². The lowest BCUT2D eigenvalue weighted by atomic mass is 9.87. The van der Waals surface area contributed by atoms with Gasteiger partial charge in [-0.3, -0.25) is 4.79 Å². The molecule has 1 atom stereocenters. The van der Waals surface area contributed by atoms with E-state index in [1.165, 1.54) is 29.8 Å². The Hall–Kier alpha value is -2.62. The average molecular weight is 336 g/mol. The highest BCUT2D eigenvalue weighted by Crippen LogP contribution is 2.32. The van der Waals surface area contributed by atoms with Gasteiger partial charge in [0.25, 0.3) is 5.91 Å². The Labute approximate surface area is 146 Å². The lowest BCUT2D eigenvalue weighted by Crippen LogP contribution is -2.22. The summed E-state index contributed by atoms with van der Waals surface area (Å²) in [6.07, 6.45) is 3.34. The molecule has 4 rings (SSSR count). The second-order valence-corrected chi connectivity index (χ2v) is 7.00. The summed E-state index contributed by atoms with van der Waals surface area (Å²) in [7, 11) is 0. The van der Waals surface area contributed by atoms with E-state index in [0.717, 1.165) is 29.3 Å². The number of rotatable bonds is 3. The van der Waals surface area contributed by atoms with E-state index < -0.39 is 0 Å². The molecule has 0 spiro atoms. The van der Waals surface area contributed by atoms with Crippen molar-refractivity contribution < 1.29 is 9.18 Å². The zero-order valence-corrected chi connectivity index (χ0v) is 14.2. The molecule has 2 N–H and O–H groups in total. The van der Waals surface area contributed by atoms with E-state index in [1.807, 2.05) is 18.2 Å². The van der Waals surface area contributed by atoms with Gasteiger partial charge in [0.15, 0.2) is 0 Å². The third kappa shape index (κ3) is 3.16. The van der Waals surface area contributed by atoms with Crippen molar-refractivity contribution in [2.45, 2.75) is 32.7 Å². The molecule has 0 saturated carbocycles. The van der Waals surface area contributed by atoms with Crippen LogP contribution in [0.15, 0.2) is 42.5 Å². The molecule has 0 bridgehead atoms. The molecule has 1 heterocycles. The van der Waals surface area contributed by atoms with Gasteiger partial charge in [-0.15, -0.1) is 0 Å². The highest BCUT2D eigenvalue weighted by atomic mass is 19.1. The molecule has 3 nitrogen and oxygen atoms in total. The van der Waals surface area contributed by atoms with Crippen LogP contribution in [0.2, 0.25) is 0 Å². The maximum atomic E-state index is 13.2. The van der Waals surface area contributed by atoms with Crippen molar-refractivity contribution in [3.63, 3.8) is 0 Å². The standard InChI is InChI=1S/C21H21FN2O/c1-13-5-7-19-17(9-13)18-11-15(6-8-20(18)24-19)21(25)23-12-14-3-2-4-16(22)10-14/h2-4,6,8,10-11,13,24H,5,7,9,12H2,1H3,(H,23,25)/t13-/m0/s1. The smallest absolute Gasteiger partial charge is 0.251 e. The minimum absolute atomic E-state index is 0.134. The van der Waals surface area contributed by atoms with Gasteiger partial charge in [0.05, 0.1) is 0 Å². The van der Waals surface area contributed by atoms with Crippen molar-refractivity contribution in [1.82, 2.24) is 10.3 Å². The van der Waals surface area contributed by atoms with Crippen molar-refractivity contribution in [3.8, 4) is 0 Å². The maximum Gasteiger partial charge on any atom is 0.251 e. The van der Waals surface area contributed by atoms with Crippen molar-refractivity contribution in [3.05, 3.63) is 70.7 Å². The Morgan fingerprint density at radius 3 is 3.00 bits per heavy atom. The number of nitrogens with one attached hydrogen (secondary N) is 2. The van der Waals surface area contributed by atoms with Crippen LogP contribution < -0.4 is 5.32 Å². The Morgan fingerprint density at radius 1 is 1.28 bits per heavy atom. The number of hydrogen-bond donors (Lipinski definition) is 2. The van der Waals surface area contributed by atoms with Crippen LogP contribution in [0.25, 0.3) is 10.9 Å². The van der Waals surface area contributed by atoms with E-state index >= 15 is 0 Å². The summed E-state index contributed by atoms with van der Waals surface area (Å²) in [5.74, 6) is 0.253. The topological polar surface area (TPSA) is 44.9 Å². The fraction of sp³-hybridized carbons (Fsp3) is 0.286. The van der Waals surface area contributed by atoms with E-state index in [2.05, 4.69) is 17.2 Å². The van der Waals surface area contributed by atoms with Crippen LogP contribution in [-0.4, -0.2) is 10.9 Å². The van der Waals surface area contributed by atoms with Gasteiger partial charge < -0.3 is 10.3 Å². The van der Waals surface area contributed by atoms with Gasteiger partial charge in [0, 0.05) is 28.7 Å². The molecular weight excluding hydrogens is 315 g/mol. The quantitative estimate of drug-likeness (QED) is 0.733. The molecule has 0 radical (unpaired) electrons. The third-order valence-corrected chi connectivity index (χ3v) is 5.04. The van der Waals surface area contributed by atoms with Gasteiger partial charge >= 0.3 is 0 Å². The van der Waals surface area contributed by atoms with Gasteiger partial charge in [-0.25, -0.2) is 4.39 Å². The van der Waals surface area contributed by atoms with Crippen molar-refractivity contribution >= 4 is 16.8 Å². The third-order valence-electron chi connectivity index (χ3n) is 5.04. The minimum Gasteiger partial charge on any atom is -0.358 e. The van der Waals surface area contributed by atoms with Crippen LogP contribution in [0.3, 0.4) is 0 Å². The number of hydrogen-bond acceptors (Lipinski definition) is 1. The molecule has 0 saturated heterocycles. The zero-order chi connectivity index (χ0) is 17.4. The van der Waals surface area contributed by atoms with Gasteiger partial charge in [-0.05, 0) is 66.6 Å². The van der Waals surface area contributed by atoms with Crippen LogP contribution in [0.1, 0.15) is 40.5 Å². The molecule has 25 heavy (non-hydrogen) atoms. The van der Waals surface area contributed by atoms with Gasteiger partial charge in [0.1, 0.15) is 5.82 Å². The Morgan fingerprint density at radius 2 is 2.16 bits per heavy atom. The fourth-order valence-electron chi connectivity index (χ4n) is 3.66. The summed E-state index contributed by atoms with van der Waals surface area (Å²) < 4.78 is 13.2. The van der Waals surface area contributed by atoms with Crippen LogP contribution in [0, 0.1) is 11.7 Å². The molecular formula is C21H21FN2O. The molecule has 1 amide bonds. The number of carbonyl (C=O) groups excluding carboxylic acids is 1. The number of aryl methyl sites for hydroxylation is 1. The number of halogens is 1. The van der Waals surface area contributed by atoms with Crippen LogP contribution in [0.4, 0.5) is 4.39 Å². The molecule has 4 heteroatoms. The lowest BCUT2D eigenvalue weighted by molar-refractivity contribution is 0.0951.